The zero-order valence-corrected chi connectivity index (χ0v) is 30.2. The zero-order valence-electron chi connectivity index (χ0n) is 29.4. The molecule has 12 rings (SSSR count). The summed E-state index contributed by atoms with van der Waals surface area (Å²) < 4.78 is 11.7. The Labute approximate surface area is 319 Å². The summed E-state index contributed by atoms with van der Waals surface area (Å²) in [7, 11) is 0. The Kier molecular flexibility index (Phi) is 6.47. The van der Waals surface area contributed by atoms with Crippen LogP contribution in [0.5, 0.6) is 0 Å². The molecule has 0 saturated heterocycles. The van der Waals surface area contributed by atoms with Gasteiger partial charge in [0.05, 0.1) is 22.2 Å². The van der Waals surface area contributed by atoms with Gasteiger partial charge in [-0.15, -0.1) is 11.3 Å². The highest BCUT2D eigenvalue weighted by Crippen LogP contribution is 2.44. The van der Waals surface area contributed by atoms with Crippen molar-refractivity contribution in [3.05, 3.63) is 176 Å². The van der Waals surface area contributed by atoms with Crippen LogP contribution in [0.15, 0.2) is 180 Å². The lowest BCUT2D eigenvalue weighted by Crippen LogP contribution is -1.96. The Morgan fingerprint density at radius 1 is 0.455 bits per heavy atom. The standard InChI is InChI=1S/C50H29N3OS/c1-2-11-30(12-3-1)31-21-23-32(24-22-31)48-36-14-4-7-17-40(36)51-50(52-48)39-16-10-19-43-46(39)38-26-25-33(29-44(38)54-43)53-41-18-8-5-15-37(41)47-42(53)28-27-35-34-13-6-9-20-45(34)55-49(35)47/h1-29H. The molecular weight excluding hydrogens is 691 g/mol. The quantitative estimate of drug-likeness (QED) is 0.182. The fourth-order valence-electron chi connectivity index (χ4n) is 8.52. The molecule has 256 valence electrons. The fraction of sp³-hybridized carbons (Fsp3) is 0. The molecular formula is C50H29N3OS. The molecule has 0 aliphatic carbocycles. The molecule has 0 fully saturated rings. The molecule has 0 atom stereocenters. The maximum Gasteiger partial charge on any atom is 0.161 e. The maximum atomic E-state index is 6.68. The van der Waals surface area contributed by atoms with E-state index in [4.69, 9.17) is 14.4 Å². The highest BCUT2D eigenvalue weighted by molar-refractivity contribution is 7.26. The molecule has 4 aromatic heterocycles. The summed E-state index contributed by atoms with van der Waals surface area (Å²) in [5.41, 5.74) is 11.2. The van der Waals surface area contributed by atoms with E-state index in [9.17, 15) is 0 Å². The van der Waals surface area contributed by atoms with Crippen molar-refractivity contribution in [2.75, 3.05) is 0 Å². The summed E-state index contributed by atoms with van der Waals surface area (Å²) >= 11 is 1.88. The minimum Gasteiger partial charge on any atom is -0.456 e. The third-order valence-electron chi connectivity index (χ3n) is 11.0. The monoisotopic (exact) mass is 719 g/mol. The van der Waals surface area contributed by atoms with Crippen molar-refractivity contribution in [2.24, 2.45) is 0 Å². The largest absolute Gasteiger partial charge is 0.456 e. The van der Waals surface area contributed by atoms with Crippen molar-refractivity contribution < 1.29 is 4.42 Å². The molecule has 4 heterocycles. The Bertz CT molecular complexity index is 3480. The van der Waals surface area contributed by atoms with Gasteiger partial charge in [0.1, 0.15) is 11.2 Å². The molecule has 8 aromatic carbocycles. The summed E-state index contributed by atoms with van der Waals surface area (Å²) in [6, 6.07) is 62.2. The van der Waals surface area contributed by atoms with Crippen molar-refractivity contribution in [2.45, 2.75) is 0 Å². The van der Waals surface area contributed by atoms with Crippen LogP contribution in [0.25, 0.3) is 114 Å². The van der Waals surface area contributed by atoms with E-state index >= 15 is 0 Å². The fourth-order valence-corrected chi connectivity index (χ4v) is 9.78. The van der Waals surface area contributed by atoms with Crippen LogP contribution < -0.4 is 0 Å². The van der Waals surface area contributed by atoms with Gasteiger partial charge in [-0.05, 0) is 53.6 Å². The highest BCUT2D eigenvalue weighted by atomic mass is 32.1. The Morgan fingerprint density at radius 3 is 2.07 bits per heavy atom. The number of hydrogen-bond acceptors (Lipinski definition) is 4. The van der Waals surface area contributed by atoms with Crippen molar-refractivity contribution in [3.63, 3.8) is 0 Å². The smallest absolute Gasteiger partial charge is 0.161 e. The lowest BCUT2D eigenvalue weighted by Gasteiger charge is -2.11. The SMILES string of the molecule is c1ccc(-c2ccc(-c3nc(-c4cccc5oc6cc(-n7c8ccccc8c8c9sc%10ccccc%10c9ccc87)ccc6c45)nc4ccccc34)cc2)cc1. The number of para-hydroxylation sites is 2. The van der Waals surface area contributed by atoms with E-state index in [-0.39, 0.29) is 0 Å². The van der Waals surface area contributed by atoms with Gasteiger partial charge in [-0.1, -0.05) is 127 Å². The molecule has 0 amide bonds. The Balaban J connectivity index is 1.03. The molecule has 55 heavy (non-hydrogen) atoms. The van der Waals surface area contributed by atoms with E-state index in [1.54, 1.807) is 0 Å². The van der Waals surface area contributed by atoms with Crippen molar-refractivity contribution >= 4 is 86.2 Å². The van der Waals surface area contributed by atoms with Gasteiger partial charge in [-0.25, -0.2) is 9.97 Å². The Hall–Kier alpha value is -7.08. The summed E-state index contributed by atoms with van der Waals surface area (Å²) in [4.78, 5) is 10.4. The normalized spacial score (nSPS) is 12.0. The van der Waals surface area contributed by atoms with Gasteiger partial charge >= 0.3 is 0 Å². The molecule has 0 spiro atoms. The van der Waals surface area contributed by atoms with Crippen molar-refractivity contribution in [1.29, 1.82) is 0 Å². The van der Waals surface area contributed by atoms with Crippen LogP contribution >= 0.6 is 11.3 Å². The second kappa shape index (κ2) is 11.7. The number of furan rings is 1. The predicted molar refractivity (Wildman–Crippen MR) is 230 cm³/mol. The van der Waals surface area contributed by atoms with E-state index in [0.717, 1.165) is 55.3 Å². The lowest BCUT2D eigenvalue weighted by atomic mass is 10.0. The van der Waals surface area contributed by atoms with Crippen LogP contribution in [0.4, 0.5) is 0 Å². The lowest BCUT2D eigenvalue weighted by molar-refractivity contribution is 0.668. The third-order valence-corrected chi connectivity index (χ3v) is 12.2. The molecule has 0 unspecified atom stereocenters. The van der Waals surface area contributed by atoms with Gasteiger partial charge in [-0.2, -0.15) is 0 Å². The number of thiophene rings is 1. The number of benzene rings is 8. The van der Waals surface area contributed by atoms with Crippen LogP contribution in [0.3, 0.4) is 0 Å². The van der Waals surface area contributed by atoms with Gasteiger partial charge in [0.2, 0.25) is 0 Å². The van der Waals surface area contributed by atoms with Crippen LogP contribution in [0, 0.1) is 0 Å². The number of rotatable bonds is 4. The first-order valence-corrected chi connectivity index (χ1v) is 19.3. The van der Waals surface area contributed by atoms with Gasteiger partial charge in [0, 0.05) is 70.0 Å². The number of hydrogen-bond donors (Lipinski definition) is 0. The molecule has 12 aromatic rings. The second-order valence-electron chi connectivity index (χ2n) is 14.1. The van der Waals surface area contributed by atoms with E-state index in [1.807, 2.05) is 35.6 Å². The predicted octanol–water partition coefficient (Wildman–Crippen LogP) is 14.0. The molecule has 0 bridgehead atoms. The molecule has 5 heteroatoms. The summed E-state index contributed by atoms with van der Waals surface area (Å²) in [5, 5.41) is 8.22. The van der Waals surface area contributed by atoms with Gasteiger partial charge in [-0.3, -0.25) is 0 Å². The van der Waals surface area contributed by atoms with Crippen LogP contribution in [0.2, 0.25) is 0 Å². The summed E-state index contributed by atoms with van der Waals surface area (Å²) in [5.74, 6) is 0.674. The second-order valence-corrected chi connectivity index (χ2v) is 15.2. The molecule has 0 saturated carbocycles. The first-order valence-electron chi connectivity index (χ1n) is 18.5. The van der Waals surface area contributed by atoms with Crippen molar-refractivity contribution in [3.8, 4) is 39.5 Å². The van der Waals surface area contributed by atoms with Gasteiger partial charge in [0.15, 0.2) is 5.82 Å². The minimum atomic E-state index is 0.674. The van der Waals surface area contributed by atoms with Gasteiger partial charge < -0.3 is 8.98 Å². The zero-order chi connectivity index (χ0) is 36.0. The van der Waals surface area contributed by atoms with Crippen molar-refractivity contribution in [1.82, 2.24) is 14.5 Å². The van der Waals surface area contributed by atoms with E-state index in [2.05, 4.69) is 156 Å². The number of fused-ring (bicyclic) bond motifs is 11. The van der Waals surface area contributed by atoms with Crippen LogP contribution in [-0.2, 0) is 0 Å². The molecule has 0 N–H and O–H groups in total. The van der Waals surface area contributed by atoms with Crippen LogP contribution in [0.1, 0.15) is 0 Å². The average molecular weight is 720 g/mol. The summed E-state index contributed by atoms with van der Waals surface area (Å²) in [6.45, 7) is 0. The number of aromatic nitrogens is 3. The first kappa shape index (κ1) is 30.4. The minimum absolute atomic E-state index is 0.674. The Morgan fingerprint density at radius 2 is 1.18 bits per heavy atom. The molecule has 0 aliphatic heterocycles. The van der Waals surface area contributed by atoms with Gasteiger partial charge in [0.25, 0.3) is 0 Å². The van der Waals surface area contributed by atoms with Crippen LogP contribution in [-0.4, -0.2) is 14.5 Å². The van der Waals surface area contributed by atoms with E-state index < -0.39 is 0 Å². The van der Waals surface area contributed by atoms with E-state index in [1.165, 1.54) is 53.1 Å². The maximum absolute atomic E-state index is 6.68. The molecule has 0 aliphatic rings. The highest BCUT2D eigenvalue weighted by Gasteiger charge is 2.20. The molecule has 0 radical (unpaired) electrons. The third kappa shape index (κ3) is 4.57. The number of nitrogens with zero attached hydrogens (tertiary/aromatic N) is 3. The average Bonchev–Trinajstić information content (AvgIpc) is 3.93. The first-order chi connectivity index (χ1) is 27.3. The van der Waals surface area contributed by atoms with E-state index in [0.29, 0.717) is 5.82 Å². The topological polar surface area (TPSA) is 43.9 Å². The molecule has 4 nitrogen and oxygen atoms in total. The summed E-state index contributed by atoms with van der Waals surface area (Å²) in [6.07, 6.45) is 0.